The van der Waals surface area contributed by atoms with Crippen LogP contribution in [0.15, 0.2) is 22.9 Å². The van der Waals surface area contributed by atoms with E-state index >= 15 is 0 Å². The van der Waals surface area contributed by atoms with Gasteiger partial charge >= 0.3 is 0 Å². The van der Waals surface area contributed by atoms with Crippen molar-refractivity contribution in [1.29, 1.82) is 0 Å². The molecule has 5 aliphatic rings. The summed E-state index contributed by atoms with van der Waals surface area (Å²) in [4.78, 5) is 13.0. The highest BCUT2D eigenvalue weighted by atomic mass is 32.2. The fourth-order valence-corrected chi connectivity index (χ4v) is 8.89. The van der Waals surface area contributed by atoms with Gasteiger partial charge in [-0.05, 0) is 92.8 Å². The number of hydrazine groups is 2. The molecule has 6 atom stereocenters. The summed E-state index contributed by atoms with van der Waals surface area (Å²) >= 11 is 1.60. The Balaban J connectivity index is 1.31. The minimum Gasteiger partial charge on any atom is -0.389 e. The van der Waals surface area contributed by atoms with Crippen LogP contribution >= 0.6 is 11.8 Å². The molecule has 3 fully saturated rings. The Morgan fingerprint density at radius 1 is 1.22 bits per heavy atom. The molecule has 0 aromatic rings. The van der Waals surface area contributed by atoms with Gasteiger partial charge in [0.15, 0.2) is 0 Å². The Morgan fingerprint density at radius 3 is 2.78 bits per heavy atom. The Labute approximate surface area is 197 Å². The zero-order chi connectivity index (χ0) is 22.3. The van der Waals surface area contributed by atoms with Gasteiger partial charge in [-0.3, -0.25) is 10.2 Å². The average molecular weight is 460 g/mol. The summed E-state index contributed by atoms with van der Waals surface area (Å²) in [6.07, 6.45) is 17.2. The number of carbonyl (C=O) groups is 1. The molecule has 0 bridgehead atoms. The molecular weight excluding hydrogens is 418 g/mol. The molecule has 1 aliphatic heterocycles. The van der Waals surface area contributed by atoms with Crippen LogP contribution in [0.2, 0.25) is 0 Å². The summed E-state index contributed by atoms with van der Waals surface area (Å²) in [7, 11) is 0. The molecule has 0 spiro atoms. The van der Waals surface area contributed by atoms with Crippen molar-refractivity contribution in [3.8, 4) is 0 Å². The third kappa shape index (κ3) is 4.16. The molecular formula is C26H41N3O2S. The van der Waals surface area contributed by atoms with Gasteiger partial charge < -0.3 is 10.5 Å². The first-order valence-electron chi connectivity index (χ1n) is 13.0. The van der Waals surface area contributed by atoms with Crippen LogP contribution in [0, 0.1) is 34.5 Å². The van der Waals surface area contributed by atoms with Crippen molar-refractivity contribution in [2.75, 3.05) is 5.75 Å². The summed E-state index contributed by atoms with van der Waals surface area (Å²) in [6.45, 7) is 4.89. The number of aliphatic hydroxyl groups is 1. The maximum atomic E-state index is 13.0. The lowest BCUT2D eigenvalue weighted by atomic mass is 9.49. The Hall–Kier alpha value is -0.980. The van der Waals surface area contributed by atoms with Crippen molar-refractivity contribution in [3.05, 3.63) is 22.9 Å². The predicted octanol–water partition coefficient (Wildman–Crippen LogP) is 4.81. The number of carbonyl (C=O) groups excluding carboxylic acids is 1. The van der Waals surface area contributed by atoms with E-state index in [1.807, 2.05) is 6.20 Å². The number of fused-ring (bicyclic) bond motifs is 1. The number of nitrogens with one attached hydrogen (secondary N) is 3. The molecule has 0 amide bonds. The fraction of sp³-hybridized carbons (Fsp3) is 0.808. The third-order valence-electron chi connectivity index (χ3n) is 9.61. The molecule has 5 rings (SSSR count). The number of aliphatic hydroxyl groups excluding tert-OH is 1. The van der Waals surface area contributed by atoms with Crippen molar-refractivity contribution >= 4 is 17.5 Å². The Bertz CT molecular complexity index is 792. The number of hydrogen-bond acceptors (Lipinski definition) is 6. The SMILES string of the molecule is CCCC1(C2C(C3CCC(C(=O)CSC4=CNNN4)C3)CCC3=CC(O)CCC32C)CC1. The van der Waals surface area contributed by atoms with E-state index in [0.29, 0.717) is 22.9 Å². The third-order valence-corrected chi connectivity index (χ3v) is 10.6. The second-order valence-electron chi connectivity index (χ2n) is 11.4. The number of hydrogen-bond donors (Lipinski definition) is 4. The van der Waals surface area contributed by atoms with Crippen LogP contribution in [-0.4, -0.2) is 22.7 Å². The average Bonchev–Trinajstić information content (AvgIpc) is 3.19. The van der Waals surface area contributed by atoms with Crippen molar-refractivity contribution in [2.45, 2.75) is 90.6 Å². The fourth-order valence-electron chi connectivity index (χ4n) is 8.09. The van der Waals surface area contributed by atoms with Gasteiger partial charge in [0, 0.05) is 12.1 Å². The van der Waals surface area contributed by atoms with E-state index in [1.165, 1.54) is 38.5 Å². The number of ketones is 1. The van der Waals surface area contributed by atoms with E-state index in [4.69, 9.17) is 0 Å². The van der Waals surface area contributed by atoms with E-state index in [-0.39, 0.29) is 17.4 Å². The molecule has 6 unspecified atom stereocenters. The minimum atomic E-state index is -0.238. The lowest BCUT2D eigenvalue weighted by Gasteiger charge is -2.55. The van der Waals surface area contributed by atoms with Gasteiger partial charge in [0.05, 0.1) is 11.9 Å². The number of allylic oxidation sites excluding steroid dienone is 1. The maximum absolute atomic E-state index is 13.0. The first-order chi connectivity index (χ1) is 15.4. The molecule has 0 aromatic carbocycles. The number of rotatable bonds is 8. The topological polar surface area (TPSA) is 73.4 Å². The zero-order valence-corrected chi connectivity index (χ0v) is 20.6. The van der Waals surface area contributed by atoms with E-state index in [1.54, 1.807) is 17.3 Å². The summed E-state index contributed by atoms with van der Waals surface area (Å²) in [5.74, 6) is 3.43. The molecule has 0 aromatic heterocycles. The highest BCUT2D eigenvalue weighted by Gasteiger charge is 2.61. The summed E-state index contributed by atoms with van der Waals surface area (Å²) in [5, 5.41) is 11.3. The summed E-state index contributed by atoms with van der Waals surface area (Å²) in [5.41, 5.74) is 11.1. The van der Waals surface area contributed by atoms with Crippen LogP contribution in [0.4, 0.5) is 0 Å². The maximum Gasteiger partial charge on any atom is 0.146 e. The smallest absolute Gasteiger partial charge is 0.146 e. The molecule has 0 radical (unpaired) electrons. The van der Waals surface area contributed by atoms with Gasteiger partial charge in [-0.1, -0.05) is 43.7 Å². The Morgan fingerprint density at radius 2 is 2.06 bits per heavy atom. The molecule has 3 saturated carbocycles. The molecule has 5 nitrogen and oxygen atoms in total. The van der Waals surface area contributed by atoms with Crippen LogP contribution in [0.1, 0.15) is 84.5 Å². The highest BCUT2D eigenvalue weighted by Crippen LogP contribution is 2.70. The van der Waals surface area contributed by atoms with Crippen LogP contribution in [0.25, 0.3) is 0 Å². The van der Waals surface area contributed by atoms with E-state index in [9.17, 15) is 9.90 Å². The lowest BCUT2D eigenvalue weighted by Crippen LogP contribution is -2.48. The van der Waals surface area contributed by atoms with Crippen LogP contribution < -0.4 is 16.4 Å². The van der Waals surface area contributed by atoms with Crippen LogP contribution in [0.5, 0.6) is 0 Å². The van der Waals surface area contributed by atoms with Crippen LogP contribution in [0.3, 0.4) is 0 Å². The van der Waals surface area contributed by atoms with E-state index < -0.39 is 0 Å². The molecule has 32 heavy (non-hydrogen) atoms. The molecule has 0 saturated heterocycles. The highest BCUT2D eigenvalue weighted by molar-refractivity contribution is 8.03. The minimum absolute atomic E-state index is 0.238. The van der Waals surface area contributed by atoms with Gasteiger partial charge in [-0.25, -0.2) is 0 Å². The second-order valence-corrected chi connectivity index (χ2v) is 12.5. The van der Waals surface area contributed by atoms with Gasteiger partial charge in [-0.2, -0.15) is 5.53 Å². The van der Waals surface area contributed by atoms with Crippen molar-refractivity contribution in [1.82, 2.24) is 16.4 Å². The quantitative estimate of drug-likeness (QED) is 0.391. The molecule has 4 N–H and O–H groups in total. The predicted molar refractivity (Wildman–Crippen MR) is 130 cm³/mol. The molecule has 4 aliphatic carbocycles. The standard InChI is InChI=1S/C26H41N3O2S/c1-3-9-26(11-12-26)24-21(7-6-19-14-20(30)8-10-25(19,24)2)17-4-5-18(13-17)22(31)16-32-23-15-27-29-28-23/h14-15,17-18,20-21,24,27-30H,3-13,16H2,1-2H3. The van der Waals surface area contributed by atoms with Crippen molar-refractivity contribution in [2.24, 2.45) is 34.5 Å². The largest absolute Gasteiger partial charge is 0.389 e. The van der Waals surface area contributed by atoms with E-state index in [2.05, 4.69) is 36.3 Å². The molecule has 178 valence electrons. The van der Waals surface area contributed by atoms with Gasteiger partial charge in [0.25, 0.3) is 0 Å². The first kappa shape index (κ1) is 22.8. The summed E-state index contributed by atoms with van der Waals surface area (Å²) < 4.78 is 0. The van der Waals surface area contributed by atoms with E-state index in [0.717, 1.165) is 49.0 Å². The lowest BCUT2D eigenvalue weighted by molar-refractivity contribution is -0.120. The molecule has 6 heteroatoms. The first-order valence-corrected chi connectivity index (χ1v) is 14.0. The summed E-state index contributed by atoms with van der Waals surface area (Å²) in [6, 6.07) is 0. The normalized spacial score (nSPS) is 40.0. The van der Waals surface area contributed by atoms with Gasteiger partial charge in [0.1, 0.15) is 10.8 Å². The van der Waals surface area contributed by atoms with Crippen molar-refractivity contribution < 1.29 is 9.90 Å². The number of thioether (sulfide) groups is 1. The number of Topliss-reactive ketones (excluding diaryl/α,β-unsaturated/α-hetero) is 1. The van der Waals surface area contributed by atoms with Crippen LogP contribution in [-0.2, 0) is 4.79 Å². The van der Waals surface area contributed by atoms with Gasteiger partial charge in [0.2, 0.25) is 0 Å². The molecule has 1 heterocycles. The van der Waals surface area contributed by atoms with Crippen molar-refractivity contribution in [3.63, 3.8) is 0 Å². The Kier molecular flexibility index (Phi) is 6.41. The monoisotopic (exact) mass is 459 g/mol. The zero-order valence-electron chi connectivity index (χ0n) is 19.8. The van der Waals surface area contributed by atoms with Gasteiger partial charge in [-0.15, -0.1) is 0 Å². The second kappa shape index (κ2) is 8.99.